The predicted molar refractivity (Wildman–Crippen MR) is 68.7 cm³/mol. The van der Waals surface area contributed by atoms with Crippen LogP contribution in [0.5, 0.6) is 0 Å². The van der Waals surface area contributed by atoms with E-state index in [-0.39, 0.29) is 5.41 Å². The standard InChI is InChI=1S/C13H13BrF3NO/c14-4-3-13(1-2-13)7-18-12(19)11-9(16)5-8(15)6-10(11)17/h5-6H,1-4,7H2,(H,18,19). The van der Waals surface area contributed by atoms with Gasteiger partial charge in [0.2, 0.25) is 0 Å². The first kappa shape index (κ1) is 14.4. The minimum Gasteiger partial charge on any atom is -0.351 e. The molecule has 1 aromatic carbocycles. The molecule has 1 fully saturated rings. The molecule has 6 heteroatoms. The average molecular weight is 336 g/mol. The lowest BCUT2D eigenvalue weighted by molar-refractivity contribution is 0.0936. The molecule has 2 rings (SSSR count). The number of carbonyl (C=O) groups is 1. The molecule has 2 nitrogen and oxygen atoms in total. The van der Waals surface area contributed by atoms with Crippen LogP contribution in [0.25, 0.3) is 0 Å². The van der Waals surface area contributed by atoms with Gasteiger partial charge in [-0.15, -0.1) is 0 Å². The van der Waals surface area contributed by atoms with Crippen molar-refractivity contribution >= 4 is 21.8 Å². The second kappa shape index (κ2) is 5.53. The topological polar surface area (TPSA) is 29.1 Å². The highest BCUT2D eigenvalue weighted by molar-refractivity contribution is 9.09. The van der Waals surface area contributed by atoms with Crippen LogP contribution in [0.2, 0.25) is 0 Å². The molecule has 0 aliphatic heterocycles. The molecule has 0 saturated heterocycles. The maximum Gasteiger partial charge on any atom is 0.257 e. The Morgan fingerprint density at radius 3 is 2.32 bits per heavy atom. The van der Waals surface area contributed by atoms with E-state index in [1.165, 1.54) is 0 Å². The molecule has 0 heterocycles. The van der Waals surface area contributed by atoms with Gasteiger partial charge >= 0.3 is 0 Å². The van der Waals surface area contributed by atoms with Gasteiger partial charge in [-0.05, 0) is 24.7 Å². The second-order valence-corrected chi connectivity index (χ2v) is 5.66. The van der Waals surface area contributed by atoms with Crippen molar-refractivity contribution in [3.8, 4) is 0 Å². The van der Waals surface area contributed by atoms with Gasteiger partial charge in [0.05, 0.1) is 0 Å². The van der Waals surface area contributed by atoms with Crippen LogP contribution >= 0.6 is 15.9 Å². The van der Waals surface area contributed by atoms with Crippen molar-refractivity contribution in [2.45, 2.75) is 19.3 Å². The number of carbonyl (C=O) groups excluding carboxylic acids is 1. The zero-order valence-corrected chi connectivity index (χ0v) is 11.7. The van der Waals surface area contributed by atoms with Crippen molar-refractivity contribution in [3.63, 3.8) is 0 Å². The van der Waals surface area contributed by atoms with E-state index in [0.717, 1.165) is 24.6 Å². The minimum absolute atomic E-state index is 0.0478. The average Bonchev–Trinajstić information content (AvgIpc) is 3.06. The van der Waals surface area contributed by atoms with Crippen molar-refractivity contribution in [3.05, 3.63) is 35.1 Å². The predicted octanol–water partition coefficient (Wildman–Crippen LogP) is 3.40. The first-order valence-corrected chi connectivity index (χ1v) is 7.08. The summed E-state index contributed by atoms with van der Waals surface area (Å²) < 4.78 is 39.5. The molecular formula is C13H13BrF3NO. The molecule has 104 valence electrons. The minimum atomic E-state index is -1.18. The van der Waals surface area contributed by atoms with Crippen LogP contribution in [0.4, 0.5) is 13.2 Å². The molecule has 0 bridgehead atoms. The van der Waals surface area contributed by atoms with Gasteiger partial charge in [0.15, 0.2) is 0 Å². The molecule has 1 N–H and O–H groups in total. The van der Waals surface area contributed by atoms with Gasteiger partial charge < -0.3 is 5.32 Å². The van der Waals surface area contributed by atoms with Gasteiger partial charge in [-0.25, -0.2) is 13.2 Å². The van der Waals surface area contributed by atoms with Crippen LogP contribution in [0, 0.1) is 22.9 Å². The van der Waals surface area contributed by atoms with Crippen LogP contribution < -0.4 is 5.32 Å². The molecule has 1 aromatic rings. The van der Waals surface area contributed by atoms with Gasteiger partial charge in [0, 0.05) is 24.0 Å². The Hall–Kier alpha value is -1.04. The van der Waals surface area contributed by atoms with E-state index < -0.39 is 28.9 Å². The zero-order valence-electron chi connectivity index (χ0n) is 10.1. The van der Waals surface area contributed by atoms with Crippen molar-refractivity contribution in [2.24, 2.45) is 5.41 Å². The molecular weight excluding hydrogens is 323 g/mol. The van der Waals surface area contributed by atoms with Gasteiger partial charge in [-0.3, -0.25) is 4.79 Å². The quantitative estimate of drug-likeness (QED) is 0.821. The molecule has 1 saturated carbocycles. The van der Waals surface area contributed by atoms with E-state index in [2.05, 4.69) is 21.2 Å². The Balaban J connectivity index is 2.05. The summed E-state index contributed by atoms with van der Waals surface area (Å²) in [7, 11) is 0. The van der Waals surface area contributed by atoms with Gasteiger partial charge in [-0.1, -0.05) is 15.9 Å². The first-order valence-electron chi connectivity index (χ1n) is 5.96. The highest BCUT2D eigenvalue weighted by Crippen LogP contribution is 2.48. The van der Waals surface area contributed by atoms with E-state index in [1.807, 2.05) is 0 Å². The second-order valence-electron chi connectivity index (χ2n) is 4.87. The van der Waals surface area contributed by atoms with E-state index in [1.54, 1.807) is 0 Å². The fourth-order valence-electron chi connectivity index (χ4n) is 2.01. The normalized spacial score (nSPS) is 16.2. The van der Waals surface area contributed by atoms with E-state index in [0.29, 0.717) is 18.7 Å². The van der Waals surface area contributed by atoms with E-state index in [9.17, 15) is 18.0 Å². The van der Waals surface area contributed by atoms with Crippen molar-refractivity contribution in [2.75, 3.05) is 11.9 Å². The van der Waals surface area contributed by atoms with Crippen LogP contribution in [-0.2, 0) is 0 Å². The summed E-state index contributed by atoms with van der Waals surface area (Å²) in [4.78, 5) is 11.8. The number of hydrogen-bond acceptors (Lipinski definition) is 1. The van der Waals surface area contributed by atoms with Crippen molar-refractivity contribution in [1.82, 2.24) is 5.32 Å². The zero-order chi connectivity index (χ0) is 14.0. The third kappa shape index (κ3) is 3.29. The monoisotopic (exact) mass is 335 g/mol. The number of amides is 1. The van der Waals surface area contributed by atoms with Gasteiger partial charge in [-0.2, -0.15) is 0 Å². The Labute approximate surface area is 117 Å². The fraction of sp³-hybridized carbons (Fsp3) is 0.462. The highest BCUT2D eigenvalue weighted by Gasteiger charge is 2.41. The lowest BCUT2D eigenvalue weighted by Gasteiger charge is -2.15. The number of benzene rings is 1. The Morgan fingerprint density at radius 1 is 1.26 bits per heavy atom. The Morgan fingerprint density at radius 2 is 1.84 bits per heavy atom. The number of alkyl halides is 1. The lowest BCUT2D eigenvalue weighted by atomic mass is 10.0. The Kier molecular flexibility index (Phi) is 4.18. The number of hydrogen-bond donors (Lipinski definition) is 1. The number of halogens is 4. The molecule has 1 aliphatic carbocycles. The molecule has 0 aromatic heterocycles. The molecule has 1 amide bonds. The third-order valence-electron chi connectivity index (χ3n) is 3.44. The third-order valence-corrected chi connectivity index (χ3v) is 3.84. The van der Waals surface area contributed by atoms with Crippen LogP contribution in [0.1, 0.15) is 29.6 Å². The largest absolute Gasteiger partial charge is 0.351 e. The first-order chi connectivity index (χ1) is 8.97. The van der Waals surface area contributed by atoms with Gasteiger partial charge in [0.25, 0.3) is 5.91 Å². The number of rotatable bonds is 5. The summed E-state index contributed by atoms with van der Waals surface area (Å²) in [6.45, 7) is 0.383. The molecule has 0 unspecified atom stereocenters. The van der Waals surface area contributed by atoms with E-state index >= 15 is 0 Å². The summed E-state index contributed by atoms with van der Waals surface area (Å²) in [6, 6.07) is 1.01. The smallest absolute Gasteiger partial charge is 0.257 e. The highest BCUT2D eigenvalue weighted by atomic mass is 79.9. The Bertz CT molecular complexity index is 480. The number of nitrogens with one attached hydrogen (secondary N) is 1. The molecule has 0 spiro atoms. The molecule has 0 atom stereocenters. The maximum atomic E-state index is 13.4. The van der Waals surface area contributed by atoms with Gasteiger partial charge in [0.1, 0.15) is 23.0 Å². The molecule has 1 aliphatic rings. The molecule has 0 radical (unpaired) electrons. The summed E-state index contributed by atoms with van der Waals surface area (Å²) in [5.41, 5.74) is -0.678. The summed E-state index contributed by atoms with van der Waals surface area (Å²) in [6.07, 6.45) is 2.89. The van der Waals surface area contributed by atoms with Crippen LogP contribution in [0.15, 0.2) is 12.1 Å². The van der Waals surface area contributed by atoms with E-state index in [4.69, 9.17) is 0 Å². The molecule has 19 heavy (non-hydrogen) atoms. The van der Waals surface area contributed by atoms with Crippen molar-refractivity contribution < 1.29 is 18.0 Å². The van der Waals surface area contributed by atoms with Crippen LogP contribution in [-0.4, -0.2) is 17.8 Å². The summed E-state index contributed by atoms with van der Waals surface area (Å²) in [5, 5.41) is 3.35. The SMILES string of the molecule is O=C(NCC1(CCBr)CC1)c1c(F)cc(F)cc1F. The lowest BCUT2D eigenvalue weighted by Crippen LogP contribution is -2.31. The fourth-order valence-corrected chi connectivity index (χ4v) is 2.85. The van der Waals surface area contributed by atoms with Crippen LogP contribution in [0.3, 0.4) is 0 Å². The maximum absolute atomic E-state index is 13.4. The summed E-state index contributed by atoms with van der Waals surface area (Å²) in [5.74, 6) is -4.24. The summed E-state index contributed by atoms with van der Waals surface area (Å²) >= 11 is 3.33. The van der Waals surface area contributed by atoms with Crippen molar-refractivity contribution in [1.29, 1.82) is 0 Å².